The van der Waals surface area contributed by atoms with Gasteiger partial charge in [0.2, 0.25) is 0 Å². The standard InChI is InChI=1S/C13H14F3N3/c14-13(15,16)6-4-12(19-17)10-3-1-2-9-5-7-18-8-11(9)10/h1-3,5,7-8,12,19H,4,6,17H2. The first-order valence-electron chi connectivity index (χ1n) is 5.87. The predicted octanol–water partition coefficient (Wildman–Crippen LogP) is 3.08. The second-order valence-corrected chi connectivity index (χ2v) is 4.32. The maximum atomic E-state index is 12.3. The molecule has 3 nitrogen and oxygen atoms in total. The van der Waals surface area contributed by atoms with Gasteiger partial charge in [-0.2, -0.15) is 13.2 Å². The van der Waals surface area contributed by atoms with Gasteiger partial charge in [-0.05, 0) is 23.4 Å². The van der Waals surface area contributed by atoms with E-state index in [4.69, 9.17) is 5.84 Å². The largest absolute Gasteiger partial charge is 0.389 e. The Kier molecular flexibility index (Phi) is 4.01. The van der Waals surface area contributed by atoms with E-state index in [0.717, 1.165) is 16.3 Å². The normalized spacial score (nSPS) is 13.7. The minimum absolute atomic E-state index is 0.103. The van der Waals surface area contributed by atoms with Crippen LogP contribution in [-0.4, -0.2) is 11.2 Å². The summed E-state index contributed by atoms with van der Waals surface area (Å²) in [6, 6.07) is 6.73. The number of pyridine rings is 1. The van der Waals surface area contributed by atoms with Crippen molar-refractivity contribution in [2.75, 3.05) is 0 Å². The Bertz CT molecular complexity index is 549. The third-order valence-electron chi connectivity index (χ3n) is 3.01. The van der Waals surface area contributed by atoms with Crippen LogP contribution in [0.5, 0.6) is 0 Å². The van der Waals surface area contributed by atoms with Crippen LogP contribution in [0.25, 0.3) is 10.8 Å². The van der Waals surface area contributed by atoms with Crippen molar-refractivity contribution in [3.8, 4) is 0 Å². The van der Waals surface area contributed by atoms with Crippen molar-refractivity contribution in [1.82, 2.24) is 10.4 Å². The number of benzene rings is 1. The van der Waals surface area contributed by atoms with Gasteiger partial charge in [-0.25, -0.2) is 0 Å². The van der Waals surface area contributed by atoms with Crippen LogP contribution in [0.2, 0.25) is 0 Å². The Balaban J connectivity index is 2.30. The Morgan fingerprint density at radius 2 is 2.05 bits per heavy atom. The fraction of sp³-hybridized carbons (Fsp3) is 0.308. The summed E-state index contributed by atoms with van der Waals surface area (Å²) >= 11 is 0. The van der Waals surface area contributed by atoms with E-state index >= 15 is 0 Å². The van der Waals surface area contributed by atoms with E-state index in [-0.39, 0.29) is 6.42 Å². The third-order valence-corrected chi connectivity index (χ3v) is 3.01. The van der Waals surface area contributed by atoms with Gasteiger partial charge in [0, 0.05) is 30.2 Å². The molecule has 1 aromatic heterocycles. The third kappa shape index (κ3) is 3.42. The Labute approximate surface area is 108 Å². The van der Waals surface area contributed by atoms with Gasteiger partial charge in [-0.3, -0.25) is 16.3 Å². The molecule has 0 radical (unpaired) electrons. The van der Waals surface area contributed by atoms with Gasteiger partial charge in [-0.1, -0.05) is 18.2 Å². The Hall–Kier alpha value is -1.66. The van der Waals surface area contributed by atoms with Crippen LogP contribution in [0.15, 0.2) is 36.7 Å². The molecule has 0 bridgehead atoms. The summed E-state index contributed by atoms with van der Waals surface area (Å²) in [6.07, 6.45) is -1.88. The van der Waals surface area contributed by atoms with E-state index in [1.165, 1.54) is 0 Å². The number of nitrogens with zero attached hydrogens (tertiary/aromatic N) is 1. The van der Waals surface area contributed by atoms with E-state index < -0.39 is 18.6 Å². The molecule has 19 heavy (non-hydrogen) atoms. The van der Waals surface area contributed by atoms with Crippen molar-refractivity contribution >= 4 is 10.8 Å². The van der Waals surface area contributed by atoms with Gasteiger partial charge in [0.15, 0.2) is 0 Å². The summed E-state index contributed by atoms with van der Waals surface area (Å²) in [7, 11) is 0. The zero-order valence-corrected chi connectivity index (χ0v) is 10.1. The SMILES string of the molecule is NNC(CCC(F)(F)F)c1cccc2ccncc12. The lowest BCUT2D eigenvalue weighted by atomic mass is 9.97. The molecule has 2 aromatic rings. The topological polar surface area (TPSA) is 50.9 Å². The zero-order chi connectivity index (χ0) is 13.9. The number of halogens is 3. The maximum absolute atomic E-state index is 12.3. The molecule has 6 heteroatoms. The molecule has 0 fully saturated rings. The smallest absolute Gasteiger partial charge is 0.271 e. The van der Waals surface area contributed by atoms with Gasteiger partial charge >= 0.3 is 6.18 Å². The van der Waals surface area contributed by atoms with Crippen LogP contribution in [-0.2, 0) is 0 Å². The summed E-state index contributed by atoms with van der Waals surface area (Å²) in [6.45, 7) is 0. The van der Waals surface area contributed by atoms with Crippen LogP contribution in [0.3, 0.4) is 0 Å². The van der Waals surface area contributed by atoms with Gasteiger partial charge in [0.05, 0.1) is 0 Å². The lowest BCUT2D eigenvalue weighted by Crippen LogP contribution is -2.29. The molecular formula is C13H14F3N3. The minimum atomic E-state index is -4.18. The second-order valence-electron chi connectivity index (χ2n) is 4.32. The molecule has 0 aliphatic carbocycles. The molecule has 1 aromatic carbocycles. The molecule has 0 saturated heterocycles. The molecule has 0 saturated carbocycles. The van der Waals surface area contributed by atoms with Crippen molar-refractivity contribution < 1.29 is 13.2 Å². The average Bonchev–Trinajstić information content (AvgIpc) is 2.38. The monoisotopic (exact) mass is 269 g/mol. The van der Waals surface area contributed by atoms with Crippen molar-refractivity contribution in [2.24, 2.45) is 5.84 Å². The van der Waals surface area contributed by atoms with E-state index in [2.05, 4.69) is 10.4 Å². The summed E-state index contributed by atoms with van der Waals surface area (Å²) in [5.74, 6) is 5.39. The Morgan fingerprint density at radius 3 is 2.74 bits per heavy atom. The number of aromatic nitrogens is 1. The van der Waals surface area contributed by atoms with Crippen molar-refractivity contribution in [3.63, 3.8) is 0 Å². The number of nitrogens with one attached hydrogen (secondary N) is 1. The molecule has 1 unspecified atom stereocenters. The van der Waals surface area contributed by atoms with Crippen LogP contribution >= 0.6 is 0 Å². The van der Waals surface area contributed by atoms with Crippen LogP contribution < -0.4 is 11.3 Å². The van der Waals surface area contributed by atoms with Crippen molar-refractivity contribution in [2.45, 2.75) is 25.1 Å². The number of hydrazine groups is 1. The van der Waals surface area contributed by atoms with Gasteiger partial charge < -0.3 is 0 Å². The van der Waals surface area contributed by atoms with Crippen LogP contribution in [0.4, 0.5) is 13.2 Å². The molecule has 2 rings (SSSR count). The summed E-state index contributed by atoms with van der Waals surface area (Å²) in [5.41, 5.74) is 3.19. The maximum Gasteiger partial charge on any atom is 0.389 e. The summed E-state index contributed by atoms with van der Waals surface area (Å²) in [5, 5.41) is 1.75. The number of hydrogen-bond donors (Lipinski definition) is 2. The van der Waals surface area contributed by atoms with E-state index in [1.54, 1.807) is 24.5 Å². The number of rotatable bonds is 4. The van der Waals surface area contributed by atoms with Crippen molar-refractivity contribution in [3.05, 3.63) is 42.2 Å². The van der Waals surface area contributed by atoms with Gasteiger partial charge in [0.1, 0.15) is 0 Å². The fourth-order valence-electron chi connectivity index (χ4n) is 2.08. The molecule has 0 spiro atoms. The Morgan fingerprint density at radius 1 is 1.26 bits per heavy atom. The number of hydrogen-bond acceptors (Lipinski definition) is 3. The second kappa shape index (κ2) is 5.54. The average molecular weight is 269 g/mol. The lowest BCUT2D eigenvalue weighted by molar-refractivity contribution is -0.136. The van der Waals surface area contributed by atoms with E-state index in [0.29, 0.717) is 0 Å². The highest BCUT2D eigenvalue weighted by Crippen LogP contribution is 2.30. The minimum Gasteiger partial charge on any atom is -0.271 e. The van der Waals surface area contributed by atoms with E-state index in [1.807, 2.05) is 12.1 Å². The molecule has 0 amide bonds. The highest BCUT2D eigenvalue weighted by molar-refractivity contribution is 5.85. The first-order valence-corrected chi connectivity index (χ1v) is 5.87. The zero-order valence-electron chi connectivity index (χ0n) is 10.1. The van der Waals surface area contributed by atoms with Crippen LogP contribution in [0, 0.1) is 0 Å². The fourth-order valence-corrected chi connectivity index (χ4v) is 2.08. The molecule has 0 aliphatic rings. The summed E-state index contributed by atoms with van der Waals surface area (Å²) < 4.78 is 36.9. The number of alkyl halides is 3. The molecule has 102 valence electrons. The lowest BCUT2D eigenvalue weighted by Gasteiger charge is -2.19. The van der Waals surface area contributed by atoms with E-state index in [9.17, 15) is 13.2 Å². The molecule has 0 aliphatic heterocycles. The highest BCUT2D eigenvalue weighted by atomic mass is 19.4. The number of nitrogens with two attached hydrogens (primary N) is 1. The van der Waals surface area contributed by atoms with Gasteiger partial charge in [-0.15, -0.1) is 0 Å². The quantitative estimate of drug-likeness (QED) is 0.662. The first kappa shape index (κ1) is 13.8. The van der Waals surface area contributed by atoms with Gasteiger partial charge in [0.25, 0.3) is 0 Å². The molecule has 1 heterocycles. The molecular weight excluding hydrogens is 255 g/mol. The summed E-state index contributed by atoms with van der Waals surface area (Å²) in [4.78, 5) is 4.01. The van der Waals surface area contributed by atoms with Crippen molar-refractivity contribution in [1.29, 1.82) is 0 Å². The molecule has 3 N–H and O–H groups in total. The van der Waals surface area contributed by atoms with Crippen LogP contribution in [0.1, 0.15) is 24.4 Å². The first-order chi connectivity index (χ1) is 9.01. The predicted molar refractivity (Wildman–Crippen MR) is 67.1 cm³/mol. The molecule has 1 atom stereocenters. The highest BCUT2D eigenvalue weighted by Gasteiger charge is 2.28. The number of fused-ring (bicyclic) bond motifs is 1.